The lowest BCUT2D eigenvalue weighted by Crippen LogP contribution is -2.68. The molecule has 0 unspecified atom stereocenters. The van der Waals surface area contributed by atoms with E-state index in [-0.39, 0.29) is 0 Å². The lowest BCUT2D eigenvalue weighted by molar-refractivity contribution is -2.00. The van der Waals surface area contributed by atoms with Crippen LogP contribution in [-0.2, 0) is 0 Å². The molecule has 0 spiro atoms. The quantitative estimate of drug-likeness (QED) is 0.530. The van der Waals surface area contributed by atoms with Gasteiger partial charge in [-0.25, -0.2) is 18.6 Å². The maximum Gasteiger partial charge on any atom is 0.256 e. The third-order valence-corrected chi connectivity index (χ3v) is 4.32. The molecule has 0 aliphatic carbocycles. The van der Waals surface area contributed by atoms with Gasteiger partial charge in [0.15, 0.2) is 5.38 Å². The van der Waals surface area contributed by atoms with Gasteiger partial charge in [0.25, 0.3) is 4.70 Å². The molecule has 0 fully saturated rings. The summed E-state index contributed by atoms with van der Waals surface area (Å²) in [5.74, 6) is 0. The second-order valence-corrected chi connectivity index (χ2v) is 6.04. The number of hydrogen-bond acceptors (Lipinski definition) is 5. The molecule has 0 saturated heterocycles. The van der Waals surface area contributed by atoms with Crippen molar-refractivity contribution in [2.45, 2.75) is 0 Å². The number of fused-ring (bicyclic) bond motifs is 3. The van der Waals surface area contributed by atoms with Crippen LogP contribution in [0.1, 0.15) is 0 Å². The van der Waals surface area contributed by atoms with Crippen molar-refractivity contribution < 1.29 is 28.9 Å². The third kappa shape index (κ3) is 3.56. The van der Waals surface area contributed by atoms with E-state index in [1.165, 1.54) is 19.5 Å². The third-order valence-electron chi connectivity index (χ3n) is 2.09. The van der Waals surface area contributed by atoms with Gasteiger partial charge in [-0.05, 0) is 24.3 Å². The summed E-state index contributed by atoms with van der Waals surface area (Å²) in [7, 11) is -4.94. The van der Waals surface area contributed by atoms with Crippen molar-refractivity contribution in [1.29, 1.82) is 0 Å². The molecule has 1 aromatic carbocycles. The van der Waals surface area contributed by atoms with Crippen molar-refractivity contribution in [3.63, 3.8) is 0 Å². The first-order chi connectivity index (χ1) is 8.45. The fourth-order valence-corrected chi connectivity index (χ4v) is 3.64. The fraction of sp³-hybridized carbons (Fsp3) is 0. The van der Waals surface area contributed by atoms with E-state index in [1.807, 2.05) is 22.7 Å². The van der Waals surface area contributed by atoms with Gasteiger partial charge < -0.3 is 0 Å². The zero-order chi connectivity index (χ0) is 13.2. The van der Waals surface area contributed by atoms with E-state index in [0.717, 1.165) is 0 Å². The van der Waals surface area contributed by atoms with Crippen molar-refractivity contribution in [1.82, 2.24) is 0 Å². The molecule has 0 bridgehead atoms. The molecule has 0 N–H and O–H groups in total. The first-order valence-electron chi connectivity index (χ1n) is 4.75. The molecule has 4 nitrogen and oxygen atoms in total. The second-order valence-electron chi connectivity index (χ2n) is 3.28. The number of hydrogen-bond donors (Lipinski definition) is 0. The predicted molar refractivity (Wildman–Crippen MR) is 61.6 cm³/mol. The average molecular weight is 303 g/mol. The molecular weight excluding hydrogens is 296 g/mol. The Balaban J connectivity index is 0.000000209. The van der Waals surface area contributed by atoms with E-state index in [1.54, 1.807) is 0 Å². The highest BCUT2D eigenvalue weighted by Crippen LogP contribution is 2.35. The molecular formula is C11H7ClO4S2. The molecule has 0 atom stereocenters. The Bertz CT molecular complexity index is 606. The molecule has 0 amide bonds. The Morgan fingerprint density at radius 2 is 1.50 bits per heavy atom. The average Bonchev–Trinajstić information content (AvgIpc) is 2.65. The number of thiophene rings is 1. The minimum absolute atomic E-state index is 1.39. The topological polar surface area (TPSA) is 92.2 Å². The lowest BCUT2D eigenvalue weighted by Gasteiger charge is -2.17. The summed E-state index contributed by atoms with van der Waals surface area (Å²) >= 11 is 3.70. The Labute approximate surface area is 113 Å². The molecule has 2 aromatic heterocycles. The summed E-state index contributed by atoms with van der Waals surface area (Å²) in [4.78, 5) is 0. The van der Waals surface area contributed by atoms with Crippen molar-refractivity contribution in [3.05, 3.63) is 41.8 Å². The zero-order valence-corrected chi connectivity index (χ0v) is 11.3. The van der Waals surface area contributed by atoms with E-state index in [4.69, 9.17) is 18.6 Å². The fourth-order valence-electron chi connectivity index (χ4n) is 1.51. The van der Waals surface area contributed by atoms with Gasteiger partial charge in [-0.1, -0.05) is 12.1 Å². The largest absolute Gasteiger partial charge is 0.256 e. The van der Waals surface area contributed by atoms with E-state index in [2.05, 4.69) is 41.8 Å². The van der Waals surface area contributed by atoms with Gasteiger partial charge >= 0.3 is 0 Å². The maximum absolute atomic E-state index is 8.49. The summed E-state index contributed by atoms with van der Waals surface area (Å²) in [6.07, 6.45) is 0. The first kappa shape index (κ1) is 13.6. The molecule has 0 aliphatic rings. The highest BCUT2D eigenvalue weighted by Gasteiger charge is 2.11. The summed E-state index contributed by atoms with van der Waals surface area (Å²) < 4.78 is 38.2. The van der Waals surface area contributed by atoms with Gasteiger partial charge in [-0.3, -0.25) is 0 Å². The van der Waals surface area contributed by atoms with Crippen LogP contribution in [0.5, 0.6) is 0 Å². The first-order valence-corrected chi connectivity index (χ1v) is 7.68. The van der Waals surface area contributed by atoms with Crippen LogP contribution in [0.3, 0.4) is 0 Å². The molecule has 0 saturated carbocycles. The highest BCUT2D eigenvalue weighted by molar-refractivity contribution is 7.31. The van der Waals surface area contributed by atoms with E-state index in [0.29, 0.717) is 0 Å². The van der Waals surface area contributed by atoms with Gasteiger partial charge in [-0.15, -0.1) is 21.6 Å². The van der Waals surface area contributed by atoms with Gasteiger partial charge in [-0.2, -0.15) is 0 Å². The second kappa shape index (κ2) is 5.41. The molecule has 0 radical (unpaired) electrons. The van der Waals surface area contributed by atoms with E-state index < -0.39 is 10.2 Å². The summed E-state index contributed by atoms with van der Waals surface area (Å²) in [5, 5.41) is 3.54. The van der Waals surface area contributed by atoms with E-state index in [9.17, 15) is 0 Å². The molecule has 0 aliphatic heterocycles. The van der Waals surface area contributed by atoms with Crippen molar-refractivity contribution in [2.75, 3.05) is 0 Å². The standard InChI is InChI=1S/C11H7S2.ClHO4/c1-2-5-9-8(4-1)11-10(13-9)6-3-7-12-11;2-1(3,4)5/h1-7H;(H,2,3,4,5)/q+1;/p-1. The van der Waals surface area contributed by atoms with Crippen LogP contribution < -0.4 is 18.6 Å². The lowest BCUT2D eigenvalue weighted by atomic mass is 10.2. The highest BCUT2D eigenvalue weighted by atomic mass is 35.7. The van der Waals surface area contributed by atoms with Crippen LogP contribution in [0.15, 0.2) is 41.8 Å². The minimum atomic E-state index is -4.94. The zero-order valence-electron chi connectivity index (χ0n) is 8.87. The molecule has 3 aromatic rings. The van der Waals surface area contributed by atoms with Gasteiger partial charge in [0.2, 0.25) is 11.3 Å². The number of benzene rings is 1. The molecule has 18 heavy (non-hydrogen) atoms. The monoisotopic (exact) mass is 302 g/mol. The minimum Gasteiger partial charge on any atom is -0.222 e. The Morgan fingerprint density at radius 3 is 2.22 bits per heavy atom. The predicted octanol–water partition coefficient (Wildman–Crippen LogP) is -0.359. The van der Waals surface area contributed by atoms with E-state index >= 15 is 0 Å². The molecule has 3 rings (SSSR count). The Morgan fingerprint density at radius 1 is 0.889 bits per heavy atom. The van der Waals surface area contributed by atoms with Crippen LogP contribution >= 0.6 is 22.7 Å². The van der Waals surface area contributed by atoms with Crippen LogP contribution in [-0.4, -0.2) is 0 Å². The smallest absolute Gasteiger partial charge is 0.222 e. The molecule has 2 heterocycles. The number of rotatable bonds is 0. The Kier molecular flexibility index (Phi) is 4.08. The summed E-state index contributed by atoms with van der Waals surface area (Å²) in [6, 6.07) is 12.9. The summed E-state index contributed by atoms with van der Waals surface area (Å²) in [5.41, 5.74) is 0. The maximum atomic E-state index is 8.49. The van der Waals surface area contributed by atoms with Gasteiger partial charge in [0.1, 0.15) is 0 Å². The van der Waals surface area contributed by atoms with Crippen LogP contribution in [0.25, 0.3) is 19.5 Å². The van der Waals surface area contributed by atoms with Gasteiger partial charge in [0, 0.05) is 4.70 Å². The Hall–Kier alpha value is -0.860. The molecule has 94 valence electrons. The van der Waals surface area contributed by atoms with Crippen molar-refractivity contribution in [2.24, 2.45) is 0 Å². The summed E-state index contributed by atoms with van der Waals surface area (Å²) in [6.45, 7) is 0. The van der Waals surface area contributed by atoms with Crippen molar-refractivity contribution >= 4 is 42.2 Å². The normalized spacial score (nSPS) is 11.3. The van der Waals surface area contributed by atoms with Crippen LogP contribution in [0.2, 0.25) is 0 Å². The molecule has 7 heteroatoms. The van der Waals surface area contributed by atoms with Gasteiger partial charge in [0.05, 0.1) is 10.1 Å². The van der Waals surface area contributed by atoms with Crippen LogP contribution in [0, 0.1) is 10.2 Å². The van der Waals surface area contributed by atoms with Crippen LogP contribution in [0.4, 0.5) is 0 Å². The number of halogens is 1. The SMILES string of the molecule is [O-][Cl+3]([O-])([O-])[O-].c1ccc2c(c1)sc1ccc[s+]c12. The van der Waals surface area contributed by atoms with Crippen molar-refractivity contribution in [3.8, 4) is 0 Å².